The van der Waals surface area contributed by atoms with Gasteiger partial charge in [-0.05, 0) is 11.0 Å². The van der Waals surface area contributed by atoms with Crippen LogP contribution in [0.5, 0.6) is 0 Å². The molecule has 1 aromatic carbocycles. The van der Waals surface area contributed by atoms with Gasteiger partial charge in [0, 0.05) is 7.11 Å². The van der Waals surface area contributed by atoms with E-state index in [1.54, 1.807) is 0 Å². The van der Waals surface area contributed by atoms with Gasteiger partial charge in [0.1, 0.15) is 6.04 Å². The van der Waals surface area contributed by atoms with Gasteiger partial charge in [-0.3, -0.25) is 4.79 Å². The lowest BCUT2D eigenvalue weighted by molar-refractivity contribution is -0.125. The van der Waals surface area contributed by atoms with Gasteiger partial charge in [0.15, 0.2) is 0 Å². The smallest absolute Gasteiger partial charge is 0.239 e. The average molecular weight is 301 g/mol. The monoisotopic (exact) mass is 300 g/mol. The van der Waals surface area contributed by atoms with Gasteiger partial charge in [-0.1, -0.05) is 51.1 Å². The molecule has 0 radical (unpaired) electrons. The molecule has 114 valence electrons. The maximum Gasteiger partial charge on any atom is 0.239 e. The molecule has 20 heavy (non-hydrogen) atoms. The second-order valence-corrected chi connectivity index (χ2v) is 5.78. The number of nitrogens with two attached hydrogens (primary N) is 1. The van der Waals surface area contributed by atoms with Gasteiger partial charge in [-0.15, -0.1) is 12.4 Å². The highest BCUT2D eigenvalue weighted by atomic mass is 35.5. The molecule has 1 aromatic rings. The van der Waals surface area contributed by atoms with Crippen LogP contribution in [0.15, 0.2) is 30.3 Å². The van der Waals surface area contributed by atoms with Crippen molar-refractivity contribution in [3.05, 3.63) is 35.9 Å². The van der Waals surface area contributed by atoms with Crippen molar-refractivity contribution >= 4 is 18.3 Å². The van der Waals surface area contributed by atoms with Crippen molar-refractivity contribution in [3.63, 3.8) is 0 Å². The number of benzene rings is 1. The Morgan fingerprint density at radius 3 is 2.30 bits per heavy atom. The summed E-state index contributed by atoms with van der Waals surface area (Å²) in [6.45, 7) is 6.49. The van der Waals surface area contributed by atoms with E-state index in [2.05, 4.69) is 26.1 Å². The lowest BCUT2D eigenvalue weighted by Crippen LogP contribution is -2.47. The zero-order chi connectivity index (χ0) is 14.5. The second kappa shape index (κ2) is 8.25. The summed E-state index contributed by atoms with van der Waals surface area (Å²) in [6.07, 6.45) is 0. The lowest BCUT2D eigenvalue weighted by atomic mass is 9.82. The first-order chi connectivity index (χ1) is 8.86. The number of ether oxygens (including phenoxy) is 1. The summed E-state index contributed by atoms with van der Waals surface area (Å²) in [4.78, 5) is 12.0. The fraction of sp³-hybridized carbons (Fsp3) is 0.533. The quantitative estimate of drug-likeness (QED) is 0.877. The van der Waals surface area contributed by atoms with Crippen LogP contribution in [0.4, 0.5) is 0 Å². The average Bonchev–Trinajstić information content (AvgIpc) is 2.35. The Morgan fingerprint density at radius 1 is 1.30 bits per heavy atom. The predicted molar refractivity (Wildman–Crippen MR) is 83.9 cm³/mol. The van der Waals surface area contributed by atoms with E-state index in [1.165, 1.54) is 7.11 Å². The molecule has 0 aliphatic heterocycles. The molecule has 1 amide bonds. The number of halogens is 1. The third-order valence-corrected chi connectivity index (χ3v) is 2.97. The lowest BCUT2D eigenvalue weighted by Gasteiger charge is -2.32. The van der Waals surface area contributed by atoms with Crippen LogP contribution in [-0.2, 0) is 9.53 Å². The SMILES string of the molecule is COCC(N)C(=O)NC(c1ccccc1)C(C)(C)C.Cl. The molecule has 0 fully saturated rings. The van der Waals surface area contributed by atoms with Gasteiger partial charge in [-0.2, -0.15) is 0 Å². The molecule has 0 bridgehead atoms. The minimum Gasteiger partial charge on any atom is -0.383 e. The molecule has 3 N–H and O–H groups in total. The fourth-order valence-corrected chi connectivity index (χ4v) is 1.95. The molecule has 0 spiro atoms. The summed E-state index contributed by atoms with van der Waals surface area (Å²) in [5.74, 6) is -0.189. The molecule has 2 unspecified atom stereocenters. The van der Waals surface area contributed by atoms with Gasteiger partial charge >= 0.3 is 0 Å². The number of rotatable bonds is 5. The maximum atomic E-state index is 12.0. The van der Waals surface area contributed by atoms with Crippen molar-refractivity contribution < 1.29 is 9.53 Å². The first-order valence-electron chi connectivity index (χ1n) is 6.46. The predicted octanol–water partition coefficient (Wildman–Crippen LogP) is 2.29. The van der Waals surface area contributed by atoms with Gasteiger partial charge < -0.3 is 15.8 Å². The van der Waals surface area contributed by atoms with Gasteiger partial charge in [0.2, 0.25) is 5.91 Å². The second-order valence-electron chi connectivity index (χ2n) is 5.78. The molecular weight excluding hydrogens is 276 g/mol. The molecule has 0 saturated heterocycles. The molecule has 0 aromatic heterocycles. The largest absolute Gasteiger partial charge is 0.383 e. The molecule has 0 saturated carbocycles. The van der Waals surface area contributed by atoms with E-state index in [-0.39, 0.29) is 36.4 Å². The molecule has 5 heteroatoms. The van der Waals surface area contributed by atoms with Crippen LogP contribution in [0.3, 0.4) is 0 Å². The maximum absolute atomic E-state index is 12.0. The van der Waals surface area contributed by atoms with E-state index in [9.17, 15) is 4.79 Å². The summed E-state index contributed by atoms with van der Waals surface area (Å²) in [5.41, 5.74) is 6.74. The number of hydrogen-bond donors (Lipinski definition) is 2. The van der Waals surface area contributed by atoms with Crippen molar-refractivity contribution in [2.45, 2.75) is 32.9 Å². The van der Waals surface area contributed by atoms with Crippen molar-refractivity contribution in [2.24, 2.45) is 11.1 Å². The van der Waals surface area contributed by atoms with Gasteiger partial charge in [0.25, 0.3) is 0 Å². The zero-order valence-corrected chi connectivity index (χ0v) is 13.4. The van der Waals surface area contributed by atoms with E-state index in [0.29, 0.717) is 0 Å². The van der Waals surface area contributed by atoms with Crippen LogP contribution >= 0.6 is 12.4 Å². The Morgan fingerprint density at radius 2 is 1.85 bits per heavy atom. The summed E-state index contributed by atoms with van der Waals surface area (Å²) < 4.78 is 4.91. The third kappa shape index (κ3) is 5.49. The molecule has 0 aliphatic rings. The van der Waals surface area contributed by atoms with E-state index in [0.717, 1.165) is 5.56 Å². The number of hydrogen-bond acceptors (Lipinski definition) is 3. The summed E-state index contributed by atoms with van der Waals surface area (Å²) in [6, 6.07) is 9.20. The van der Waals surface area contributed by atoms with Crippen LogP contribution in [0.2, 0.25) is 0 Å². The third-order valence-electron chi connectivity index (χ3n) is 2.97. The highest BCUT2D eigenvalue weighted by molar-refractivity contribution is 5.85. The van der Waals surface area contributed by atoms with E-state index >= 15 is 0 Å². The Labute approximate surface area is 127 Å². The summed E-state index contributed by atoms with van der Waals surface area (Å²) >= 11 is 0. The van der Waals surface area contributed by atoms with E-state index < -0.39 is 6.04 Å². The number of carbonyl (C=O) groups is 1. The van der Waals surface area contributed by atoms with Crippen LogP contribution in [0.25, 0.3) is 0 Å². The Hall–Kier alpha value is -1.10. The fourth-order valence-electron chi connectivity index (χ4n) is 1.95. The van der Waals surface area contributed by atoms with Crippen molar-refractivity contribution in [1.82, 2.24) is 5.32 Å². The van der Waals surface area contributed by atoms with Crippen LogP contribution < -0.4 is 11.1 Å². The molecule has 0 aliphatic carbocycles. The van der Waals surface area contributed by atoms with Crippen molar-refractivity contribution in [1.29, 1.82) is 0 Å². The Kier molecular flexibility index (Phi) is 7.79. The minimum absolute atomic E-state index is 0. The highest BCUT2D eigenvalue weighted by Crippen LogP contribution is 2.32. The number of nitrogens with one attached hydrogen (secondary N) is 1. The first-order valence-corrected chi connectivity index (χ1v) is 6.46. The van der Waals surface area contributed by atoms with Crippen molar-refractivity contribution in [3.8, 4) is 0 Å². The molecule has 1 rings (SSSR count). The van der Waals surface area contributed by atoms with Crippen molar-refractivity contribution in [2.75, 3.05) is 13.7 Å². The standard InChI is InChI=1S/C15H24N2O2.ClH/c1-15(2,3)13(11-8-6-5-7-9-11)17-14(18)12(16)10-19-4;/h5-9,12-13H,10,16H2,1-4H3,(H,17,18);1H. The number of amides is 1. The van der Waals surface area contributed by atoms with Gasteiger partial charge in [0.05, 0.1) is 12.6 Å². The first kappa shape index (κ1) is 18.9. The Balaban J connectivity index is 0.00000361. The summed E-state index contributed by atoms with van der Waals surface area (Å²) in [5, 5.41) is 3.01. The zero-order valence-electron chi connectivity index (χ0n) is 12.6. The highest BCUT2D eigenvalue weighted by Gasteiger charge is 2.29. The molecule has 0 heterocycles. The van der Waals surface area contributed by atoms with E-state index in [4.69, 9.17) is 10.5 Å². The van der Waals surface area contributed by atoms with Gasteiger partial charge in [-0.25, -0.2) is 0 Å². The number of methoxy groups -OCH3 is 1. The van der Waals surface area contributed by atoms with Crippen LogP contribution in [-0.4, -0.2) is 25.7 Å². The summed E-state index contributed by atoms with van der Waals surface area (Å²) in [7, 11) is 1.53. The topological polar surface area (TPSA) is 64.3 Å². The number of carbonyl (C=O) groups excluding carboxylic acids is 1. The molecule has 4 nitrogen and oxygen atoms in total. The molecular formula is C15H25ClN2O2. The Bertz CT molecular complexity index is 404. The molecule has 2 atom stereocenters. The van der Waals surface area contributed by atoms with Crippen LogP contribution in [0, 0.1) is 5.41 Å². The van der Waals surface area contributed by atoms with Crippen LogP contribution in [0.1, 0.15) is 32.4 Å². The minimum atomic E-state index is -0.640. The normalized spacial score (nSPS) is 14.1. The van der Waals surface area contributed by atoms with E-state index in [1.807, 2.05) is 30.3 Å².